The summed E-state index contributed by atoms with van der Waals surface area (Å²) in [5, 5.41) is 2.45. The van der Waals surface area contributed by atoms with Gasteiger partial charge in [0.25, 0.3) is 0 Å². The lowest BCUT2D eigenvalue weighted by Gasteiger charge is -2.20. The molecule has 1 unspecified atom stereocenters. The first-order valence-corrected chi connectivity index (χ1v) is 12.3. The van der Waals surface area contributed by atoms with Gasteiger partial charge in [-0.25, -0.2) is 17.6 Å². The van der Waals surface area contributed by atoms with E-state index in [2.05, 4.69) is 0 Å². The van der Waals surface area contributed by atoms with Gasteiger partial charge in [-0.2, -0.15) is 0 Å². The standard InChI is InChI=1S/C24H22FNO4S2/c1-15-14-31-22(23(15)32(28,29)19-7-5-4-6-8-19)13-21(24(27)30-3)26-16(2)11-17-12-18(25)9-10-20(17)26/h4-12,14,21H,13H2,1-3H3. The molecule has 0 saturated heterocycles. The smallest absolute Gasteiger partial charge is 0.329 e. The molecule has 5 nitrogen and oxygen atoms in total. The zero-order chi connectivity index (χ0) is 23.0. The average Bonchev–Trinajstić information content (AvgIpc) is 3.30. The number of sulfone groups is 1. The molecule has 0 amide bonds. The summed E-state index contributed by atoms with van der Waals surface area (Å²) >= 11 is 1.30. The fourth-order valence-corrected chi connectivity index (χ4v) is 7.18. The summed E-state index contributed by atoms with van der Waals surface area (Å²) in [4.78, 5) is 13.9. The van der Waals surface area contributed by atoms with Gasteiger partial charge in [-0.3, -0.25) is 0 Å². The van der Waals surface area contributed by atoms with Crippen LogP contribution < -0.4 is 0 Å². The van der Waals surface area contributed by atoms with Crippen LogP contribution in [0.4, 0.5) is 4.39 Å². The van der Waals surface area contributed by atoms with Crippen molar-refractivity contribution in [3.63, 3.8) is 0 Å². The van der Waals surface area contributed by atoms with E-state index in [1.54, 1.807) is 59.3 Å². The molecule has 2 aromatic carbocycles. The molecule has 2 aromatic heterocycles. The van der Waals surface area contributed by atoms with Crippen molar-refractivity contribution in [3.05, 3.63) is 81.9 Å². The number of methoxy groups -OCH3 is 1. The van der Waals surface area contributed by atoms with Crippen LogP contribution in [0.3, 0.4) is 0 Å². The van der Waals surface area contributed by atoms with Gasteiger partial charge in [0.05, 0.1) is 16.9 Å². The first-order valence-electron chi connectivity index (χ1n) is 9.96. The summed E-state index contributed by atoms with van der Waals surface area (Å²) in [6.45, 7) is 3.58. The number of carbonyl (C=O) groups is 1. The second kappa shape index (κ2) is 8.52. The van der Waals surface area contributed by atoms with Crippen molar-refractivity contribution in [2.24, 2.45) is 0 Å². The second-order valence-electron chi connectivity index (χ2n) is 7.59. The molecular weight excluding hydrogens is 449 g/mol. The number of aryl methyl sites for hydroxylation is 2. The van der Waals surface area contributed by atoms with Gasteiger partial charge in [0.15, 0.2) is 0 Å². The van der Waals surface area contributed by atoms with E-state index >= 15 is 0 Å². The first kappa shape index (κ1) is 22.2. The fraction of sp³-hybridized carbons (Fsp3) is 0.208. The topological polar surface area (TPSA) is 65.4 Å². The summed E-state index contributed by atoms with van der Waals surface area (Å²) in [6, 6.07) is 13.6. The highest BCUT2D eigenvalue weighted by Crippen LogP contribution is 2.36. The molecule has 4 rings (SSSR count). The van der Waals surface area contributed by atoms with E-state index in [1.807, 2.05) is 6.92 Å². The van der Waals surface area contributed by atoms with Crippen LogP contribution in [0.15, 0.2) is 69.8 Å². The number of aromatic nitrogens is 1. The van der Waals surface area contributed by atoms with Gasteiger partial charge in [-0.1, -0.05) is 18.2 Å². The van der Waals surface area contributed by atoms with Gasteiger partial charge >= 0.3 is 5.97 Å². The number of nitrogens with zero attached hydrogens (tertiary/aromatic N) is 1. The summed E-state index contributed by atoms with van der Waals surface area (Å²) in [6.07, 6.45) is 0.134. The Bertz CT molecular complexity index is 1400. The second-order valence-corrected chi connectivity index (χ2v) is 10.4. The molecule has 2 heterocycles. The minimum Gasteiger partial charge on any atom is -0.467 e. The Balaban J connectivity index is 1.84. The molecular formula is C24H22FNO4S2. The van der Waals surface area contributed by atoms with Crippen molar-refractivity contribution in [3.8, 4) is 0 Å². The number of halogens is 1. The van der Waals surface area contributed by atoms with Crippen molar-refractivity contribution < 1.29 is 22.3 Å². The van der Waals surface area contributed by atoms with Crippen LogP contribution in [0.2, 0.25) is 0 Å². The molecule has 0 spiro atoms. The van der Waals surface area contributed by atoms with E-state index < -0.39 is 21.8 Å². The summed E-state index contributed by atoms with van der Waals surface area (Å²) in [5.41, 5.74) is 2.07. The van der Waals surface area contributed by atoms with Crippen LogP contribution in [0.25, 0.3) is 10.9 Å². The van der Waals surface area contributed by atoms with Crippen molar-refractivity contribution in [2.45, 2.75) is 36.1 Å². The van der Waals surface area contributed by atoms with Crippen molar-refractivity contribution in [2.75, 3.05) is 7.11 Å². The Labute approximate surface area is 190 Å². The lowest BCUT2D eigenvalue weighted by molar-refractivity contribution is -0.144. The highest BCUT2D eigenvalue weighted by Gasteiger charge is 2.31. The Morgan fingerprint density at radius 3 is 2.53 bits per heavy atom. The quantitative estimate of drug-likeness (QED) is 0.360. The number of benzene rings is 2. The Kier molecular flexibility index (Phi) is 5.92. The third-order valence-electron chi connectivity index (χ3n) is 5.47. The molecule has 0 radical (unpaired) electrons. The van der Waals surface area contributed by atoms with Gasteiger partial charge in [-0.05, 0) is 61.2 Å². The van der Waals surface area contributed by atoms with Gasteiger partial charge in [0.2, 0.25) is 9.84 Å². The van der Waals surface area contributed by atoms with E-state index in [-0.39, 0.29) is 22.0 Å². The highest BCUT2D eigenvalue weighted by atomic mass is 32.2. The van der Waals surface area contributed by atoms with Gasteiger partial charge in [0.1, 0.15) is 11.9 Å². The lowest BCUT2D eigenvalue weighted by atomic mass is 10.1. The van der Waals surface area contributed by atoms with Crippen molar-refractivity contribution in [1.29, 1.82) is 0 Å². The lowest BCUT2D eigenvalue weighted by Crippen LogP contribution is -2.24. The maximum absolute atomic E-state index is 13.7. The summed E-state index contributed by atoms with van der Waals surface area (Å²) < 4.78 is 47.4. The molecule has 0 aliphatic heterocycles. The molecule has 166 valence electrons. The van der Waals surface area contributed by atoms with E-state index in [0.717, 1.165) is 5.69 Å². The van der Waals surface area contributed by atoms with Gasteiger partial charge in [-0.15, -0.1) is 11.3 Å². The third kappa shape index (κ3) is 3.84. The number of fused-ring (bicyclic) bond motifs is 1. The van der Waals surface area contributed by atoms with Crippen LogP contribution in [0.5, 0.6) is 0 Å². The minimum atomic E-state index is -3.76. The zero-order valence-electron chi connectivity index (χ0n) is 17.8. The Morgan fingerprint density at radius 2 is 1.84 bits per heavy atom. The fourth-order valence-electron chi connectivity index (χ4n) is 4.06. The van der Waals surface area contributed by atoms with Crippen LogP contribution >= 0.6 is 11.3 Å². The number of thiophene rings is 1. The minimum absolute atomic E-state index is 0.134. The number of esters is 1. The molecule has 8 heteroatoms. The largest absolute Gasteiger partial charge is 0.467 e. The molecule has 0 saturated carbocycles. The first-order chi connectivity index (χ1) is 15.2. The summed E-state index contributed by atoms with van der Waals surface area (Å²) in [7, 11) is -2.46. The molecule has 0 N–H and O–H groups in total. The number of hydrogen-bond donors (Lipinski definition) is 0. The van der Waals surface area contributed by atoms with E-state index in [1.165, 1.54) is 30.6 Å². The summed E-state index contributed by atoms with van der Waals surface area (Å²) in [5.74, 6) is -0.863. The monoisotopic (exact) mass is 471 g/mol. The molecule has 0 aliphatic rings. The predicted octanol–water partition coefficient (Wildman–Crippen LogP) is 5.25. The van der Waals surface area contributed by atoms with Crippen LogP contribution in [0.1, 0.15) is 22.2 Å². The molecule has 4 aromatic rings. The predicted molar refractivity (Wildman–Crippen MR) is 122 cm³/mol. The van der Waals surface area contributed by atoms with Crippen molar-refractivity contribution in [1.82, 2.24) is 4.57 Å². The molecule has 1 atom stereocenters. The highest BCUT2D eigenvalue weighted by molar-refractivity contribution is 7.91. The average molecular weight is 472 g/mol. The number of rotatable bonds is 6. The zero-order valence-corrected chi connectivity index (χ0v) is 19.5. The van der Waals surface area contributed by atoms with E-state index in [9.17, 15) is 17.6 Å². The number of hydrogen-bond acceptors (Lipinski definition) is 5. The number of carbonyl (C=O) groups excluding carboxylic acids is 1. The van der Waals surface area contributed by atoms with Crippen molar-refractivity contribution >= 4 is 38.0 Å². The van der Waals surface area contributed by atoms with Crippen LogP contribution in [0, 0.1) is 19.7 Å². The third-order valence-corrected chi connectivity index (χ3v) is 8.72. The van der Waals surface area contributed by atoms with E-state index in [4.69, 9.17) is 4.74 Å². The normalized spacial score (nSPS) is 12.8. The molecule has 0 aliphatic carbocycles. The van der Waals surface area contributed by atoms with Crippen LogP contribution in [-0.4, -0.2) is 26.1 Å². The molecule has 32 heavy (non-hydrogen) atoms. The van der Waals surface area contributed by atoms with Gasteiger partial charge in [0, 0.05) is 27.9 Å². The van der Waals surface area contributed by atoms with Gasteiger partial charge < -0.3 is 9.30 Å². The molecule has 0 bridgehead atoms. The Morgan fingerprint density at radius 1 is 1.12 bits per heavy atom. The maximum atomic E-state index is 13.7. The number of ether oxygens (including phenoxy) is 1. The maximum Gasteiger partial charge on any atom is 0.329 e. The van der Waals surface area contributed by atoms with E-state index in [0.29, 0.717) is 21.3 Å². The Hall–Kier alpha value is -2.97. The SMILES string of the molecule is COC(=O)C(Cc1scc(C)c1S(=O)(=O)c1ccccc1)n1c(C)cc2cc(F)ccc21. The van der Waals surface area contributed by atoms with Crippen LogP contribution in [-0.2, 0) is 25.8 Å². The molecule has 0 fully saturated rings.